The van der Waals surface area contributed by atoms with E-state index in [0.29, 0.717) is 17.1 Å². The van der Waals surface area contributed by atoms with Crippen LogP contribution in [0.4, 0.5) is 18.9 Å². The van der Waals surface area contributed by atoms with Gasteiger partial charge in [0, 0.05) is 17.8 Å². The first-order chi connectivity index (χ1) is 13.1. The molecule has 1 N–H and O–H groups in total. The molecule has 0 saturated carbocycles. The van der Waals surface area contributed by atoms with Crippen molar-refractivity contribution < 1.29 is 22.8 Å². The number of carbonyl (C=O) groups excluding carboxylic acids is 2. The predicted molar refractivity (Wildman–Crippen MR) is 99.2 cm³/mol. The molecule has 0 bridgehead atoms. The van der Waals surface area contributed by atoms with Gasteiger partial charge in [-0.3, -0.25) is 14.3 Å². The maximum atomic E-state index is 12.6. The molecular weight excluding hydrogens is 420 g/mol. The number of carbonyl (C=O) groups is 2. The number of benzene rings is 1. The van der Waals surface area contributed by atoms with E-state index < -0.39 is 30.2 Å². The quantitative estimate of drug-likeness (QED) is 0.710. The Bertz CT molecular complexity index is 855. The molecule has 11 heteroatoms. The van der Waals surface area contributed by atoms with Crippen molar-refractivity contribution in [1.82, 2.24) is 14.7 Å². The molecule has 28 heavy (non-hydrogen) atoms. The number of alkyl halides is 3. The third-order valence-electron chi connectivity index (χ3n) is 3.61. The van der Waals surface area contributed by atoms with Crippen molar-refractivity contribution in [3.63, 3.8) is 0 Å². The van der Waals surface area contributed by atoms with Gasteiger partial charge in [-0.25, -0.2) is 0 Å². The summed E-state index contributed by atoms with van der Waals surface area (Å²) in [6, 6.07) is 5.33. The van der Waals surface area contributed by atoms with Gasteiger partial charge < -0.3 is 10.2 Å². The molecule has 0 spiro atoms. The Balaban J connectivity index is 2.03. The van der Waals surface area contributed by atoms with Gasteiger partial charge in [-0.15, -0.1) is 0 Å². The zero-order chi connectivity index (χ0) is 20.9. The van der Waals surface area contributed by atoms with Gasteiger partial charge in [-0.2, -0.15) is 18.3 Å². The Kier molecular flexibility index (Phi) is 7.31. The summed E-state index contributed by atoms with van der Waals surface area (Å²) in [5, 5.41) is 6.56. The molecule has 0 unspecified atom stereocenters. The molecule has 6 nitrogen and oxygen atoms in total. The van der Waals surface area contributed by atoms with Gasteiger partial charge in [0.15, 0.2) is 5.69 Å². The first-order valence-corrected chi connectivity index (χ1v) is 8.99. The van der Waals surface area contributed by atoms with Crippen LogP contribution in [0.2, 0.25) is 10.0 Å². The standard InChI is InChI=1S/C17H17Cl2F3N4O2/c1-2-6-25(9-15(27)23-13-8-11(18)3-4-12(13)19)16(28)10-26-7-5-14(24-26)17(20,21)22/h3-5,7-8H,2,6,9-10H2,1H3,(H,23,27). The van der Waals surface area contributed by atoms with Crippen molar-refractivity contribution in [3.05, 3.63) is 46.2 Å². The number of amides is 2. The Morgan fingerprint density at radius 1 is 1.25 bits per heavy atom. The molecule has 0 fully saturated rings. The van der Waals surface area contributed by atoms with Crippen molar-refractivity contribution in [3.8, 4) is 0 Å². The highest BCUT2D eigenvalue weighted by atomic mass is 35.5. The Morgan fingerprint density at radius 2 is 1.96 bits per heavy atom. The molecule has 0 aliphatic carbocycles. The maximum Gasteiger partial charge on any atom is 0.435 e. The summed E-state index contributed by atoms with van der Waals surface area (Å²) >= 11 is 11.9. The van der Waals surface area contributed by atoms with E-state index in [2.05, 4.69) is 10.4 Å². The van der Waals surface area contributed by atoms with E-state index in [-0.39, 0.29) is 18.1 Å². The van der Waals surface area contributed by atoms with Gasteiger partial charge >= 0.3 is 6.18 Å². The fourth-order valence-corrected chi connectivity index (χ4v) is 2.69. The summed E-state index contributed by atoms with van der Waals surface area (Å²) in [7, 11) is 0. The van der Waals surface area contributed by atoms with E-state index in [9.17, 15) is 22.8 Å². The topological polar surface area (TPSA) is 67.2 Å². The highest BCUT2D eigenvalue weighted by Crippen LogP contribution is 2.27. The second-order valence-electron chi connectivity index (χ2n) is 5.88. The lowest BCUT2D eigenvalue weighted by atomic mass is 10.3. The number of hydrogen-bond acceptors (Lipinski definition) is 3. The number of nitrogens with one attached hydrogen (secondary N) is 1. The minimum atomic E-state index is -4.59. The Labute approximate surface area is 169 Å². The Hall–Kier alpha value is -2.26. The summed E-state index contributed by atoms with van der Waals surface area (Å²) < 4.78 is 38.7. The van der Waals surface area contributed by atoms with E-state index >= 15 is 0 Å². The van der Waals surface area contributed by atoms with E-state index in [4.69, 9.17) is 23.2 Å². The molecular formula is C17H17Cl2F3N4O2. The minimum absolute atomic E-state index is 0.253. The summed E-state index contributed by atoms with van der Waals surface area (Å²) in [5.74, 6) is -1.05. The molecule has 2 aromatic rings. The summed E-state index contributed by atoms with van der Waals surface area (Å²) in [4.78, 5) is 25.9. The highest BCUT2D eigenvalue weighted by molar-refractivity contribution is 6.35. The molecule has 1 aromatic carbocycles. The lowest BCUT2D eigenvalue weighted by Gasteiger charge is -2.22. The van der Waals surface area contributed by atoms with E-state index in [1.165, 1.54) is 17.0 Å². The van der Waals surface area contributed by atoms with E-state index in [1.54, 1.807) is 6.07 Å². The Morgan fingerprint density at radius 3 is 2.57 bits per heavy atom. The van der Waals surface area contributed by atoms with Crippen molar-refractivity contribution in [2.24, 2.45) is 0 Å². The van der Waals surface area contributed by atoms with Gasteiger partial charge in [0.05, 0.1) is 17.3 Å². The SMILES string of the molecule is CCCN(CC(=O)Nc1cc(Cl)ccc1Cl)C(=O)Cn1ccc(C(F)(F)F)n1. The first kappa shape index (κ1) is 22.0. The first-order valence-electron chi connectivity index (χ1n) is 8.23. The predicted octanol–water partition coefficient (Wildman–Crippen LogP) is 4.09. The minimum Gasteiger partial charge on any atom is -0.332 e. The van der Waals surface area contributed by atoms with Crippen molar-refractivity contribution in [2.75, 3.05) is 18.4 Å². The zero-order valence-corrected chi connectivity index (χ0v) is 16.3. The van der Waals surface area contributed by atoms with Crippen LogP contribution in [0.15, 0.2) is 30.5 Å². The second-order valence-corrected chi connectivity index (χ2v) is 6.73. The number of hydrogen-bond donors (Lipinski definition) is 1. The van der Waals surface area contributed by atoms with Crippen molar-refractivity contribution >= 4 is 40.7 Å². The average molecular weight is 437 g/mol. The lowest BCUT2D eigenvalue weighted by molar-refractivity contribution is -0.142. The van der Waals surface area contributed by atoms with Crippen LogP contribution in [0.5, 0.6) is 0 Å². The monoisotopic (exact) mass is 436 g/mol. The van der Waals surface area contributed by atoms with Crippen molar-refractivity contribution in [2.45, 2.75) is 26.1 Å². The van der Waals surface area contributed by atoms with Crippen LogP contribution in [-0.2, 0) is 22.3 Å². The highest BCUT2D eigenvalue weighted by Gasteiger charge is 2.33. The molecule has 0 saturated heterocycles. The third-order valence-corrected chi connectivity index (χ3v) is 4.18. The van der Waals surface area contributed by atoms with Crippen LogP contribution in [0.25, 0.3) is 0 Å². The number of nitrogens with zero attached hydrogens (tertiary/aromatic N) is 3. The molecule has 152 valence electrons. The van der Waals surface area contributed by atoms with Crippen LogP contribution in [-0.4, -0.2) is 39.6 Å². The lowest BCUT2D eigenvalue weighted by Crippen LogP contribution is -2.40. The molecule has 0 radical (unpaired) electrons. The average Bonchev–Trinajstić information content (AvgIpc) is 3.06. The van der Waals surface area contributed by atoms with Crippen molar-refractivity contribution in [1.29, 1.82) is 0 Å². The second kappa shape index (κ2) is 9.29. The molecule has 0 aliphatic heterocycles. The normalized spacial score (nSPS) is 11.4. The van der Waals surface area contributed by atoms with Gasteiger partial charge in [-0.1, -0.05) is 30.1 Å². The van der Waals surface area contributed by atoms with Crippen LogP contribution in [0.1, 0.15) is 19.0 Å². The molecule has 0 aliphatic rings. The number of anilines is 1. The zero-order valence-electron chi connectivity index (χ0n) is 14.8. The summed E-state index contributed by atoms with van der Waals surface area (Å²) in [6.07, 6.45) is -2.96. The van der Waals surface area contributed by atoms with E-state index in [1.807, 2.05) is 6.92 Å². The van der Waals surface area contributed by atoms with Crippen LogP contribution in [0.3, 0.4) is 0 Å². The molecule has 1 heterocycles. The fourth-order valence-electron chi connectivity index (χ4n) is 2.36. The van der Waals surface area contributed by atoms with Crippen LogP contribution >= 0.6 is 23.2 Å². The fraction of sp³-hybridized carbons (Fsp3) is 0.353. The number of rotatable bonds is 7. The van der Waals surface area contributed by atoms with E-state index in [0.717, 1.165) is 16.9 Å². The van der Waals surface area contributed by atoms with Gasteiger partial charge in [0.25, 0.3) is 0 Å². The molecule has 1 aromatic heterocycles. The molecule has 2 rings (SSSR count). The van der Waals surface area contributed by atoms with Crippen LogP contribution in [0, 0.1) is 0 Å². The molecule has 2 amide bonds. The van der Waals surface area contributed by atoms with Gasteiger partial charge in [-0.05, 0) is 30.7 Å². The van der Waals surface area contributed by atoms with Gasteiger partial charge in [0.2, 0.25) is 11.8 Å². The largest absolute Gasteiger partial charge is 0.435 e. The maximum absolute atomic E-state index is 12.6. The number of halogens is 5. The molecule has 0 atom stereocenters. The van der Waals surface area contributed by atoms with Gasteiger partial charge in [0.1, 0.15) is 6.54 Å². The smallest absolute Gasteiger partial charge is 0.332 e. The third kappa shape index (κ3) is 6.13. The summed E-state index contributed by atoms with van der Waals surface area (Å²) in [6.45, 7) is 1.36. The number of aromatic nitrogens is 2. The summed E-state index contributed by atoms with van der Waals surface area (Å²) in [5.41, 5.74) is -0.791. The van der Waals surface area contributed by atoms with Crippen LogP contribution < -0.4 is 5.32 Å².